The molecule has 102 valence electrons. The van der Waals surface area contributed by atoms with Crippen molar-refractivity contribution < 1.29 is 8.78 Å². The molecule has 18 heavy (non-hydrogen) atoms. The first-order valence-electron chi connectivity index (χ1n) is 6.33. The number of benzene rings is 1. The van der Waals surface area contributed by atoms with Gasteiger partial charge < -0.3 is 5.32 Å². The smallest absolute Gasteiger partial charge is 0.160 e. The number of hydrogen-bond acceptors (Lipinski definition) is 1. The van der Waals surface area contributed by atoms with Crippen LogP contribution in [0.5, 0.6) is 0 Å². The molecule has 1 rings (SSSR count). The van der Waals surface area contributed by atoms with Crippen molar-refractivity contribution in [2.45, 2.75) is 39.7 Å². The van der Waals surface area contributed by atoms with Crippen LogP contribution in [0.2, 0.25) is 5.02 Å². The first-order valence-corrected chi connectivity index (χ1v) is 6.71. The molecule has 0 radical (unpaired) electrons. The number of hydrogen-bond donors (Lipinski definition) is 1. The van der Waals surface area contributed by atoms with Crippen molar-refractivity contribution in [2.24, 2.45) is 5.92 Å². The predicted molar refractivity (Wildman–Crippen MR) is 71.9 cm³/mol. The summed E-state index contributed by atoms with van der Waals surface area (Å²) in [4.78, 5) is 0. The van der Waals surface area contributed by atoms with E-state index in [0.717, 1.165) is 25.5 Å². The normalized spacial score (nSPS) is 13.1. The summed E-state index contributed by atoms with van der Waals surface area (Å²) in [5.41, 5.74) is 0.637. The molecular formula is C14H20ClF2N. The minimum absolute atomic E-state index is 0.0347. The Bertz CT molecular complexity index is 394. The van der Waals surface area contributed by atoms with Gasteiger partial charge in [-0.25, -0.2) is 8.78 Å². The van der Waals surface area contributed by atoms with Crippen LogP contribution in [0.1, 0.15) is 45.2 Å². The van der Waals surface area contributed by atoms with Gasteiger partial charge in [0.15, 0.2) is 11.6 Å². The van der Waals surface area contributed by atoms with E-state index in [2.05, 4.69) is 26.1 Å². The lowest BCUT2D eigenvalue weighted by Crippen LogP contribution is -2.24. The monoisotopic (exact) mass is 275 g/mol. The van der Waals surface area contributed by atoms with Crippen LogP contribution in [0.25, 0.3) is 0 Å². The van der Waals surface area contributed by atoms with E-state index in [4.69, 9.17) is 11.6 Å². The average Bonchev–Trinajstić information content (AvgIpc) is 2.29. The summed E-state index contributed by atoms with van der Waals surface area (Å²) in [5.74, 6) is -1.30. The van der Waals surface area contributed by atoms with Crippen molar-refractivity contribution in [3.8, 4) is 0 Å². The Morgan fingerprint density at radius 1 is 1.22 bits per heavy atom. The van der Waals surface area contributed by atoms with E-state index in [1.165, 1.54) is 6.07 Å². The van der Waals surface area contributed by atoms with E-state index in [1.807, 2.05) is 0 Å². The van der Waals surface area contributed by atoms with Crippen LogP contribution in [-0.2, 0) is 0 Å². The number of nitrogens with one attached hydrogen (secondary N) is 1. The number of halogens is 3. The van der Waals surface area contributed by atoms with Gasteiger partial charge in [0, 0.05) is 11.1 Å². The summed E-state index contributed by atoms with van der Waals surface area (Å²) >= 11 is 6.01. The van der Waals surface area contributed by atoms with Crippen molar-refractivity contribution in [1.82, 2.24) is 5.32 Å². The Hall–Kier alpha value is -0.670. The Labute approximate surface area is 113 Å². The molecule has 0 spiro atoms. The molecule has 1 nitrogen and oxygen atoms in total. The van der Waals surface area contributed by atoms with Gasteiger partial charge in [0.05, 0.1) is 0 Å². The van der Waals surface area contributed by atoms with Gasteiger partial charge in [0.25, 0.3) is 0 Å². The van der Waals surface area contributed by atoms with Crippen LogP contribution in [0, 0.1) is 17.6 Å². The van der Waals surface area contributed by atoms with Gasteiger partial charge in [-0.2, -0.15) is 0 Å². The van der Waals surface area contributed by atoms with Crippen molar-refractivity contribution >= 4 is 11.6 Å². The van der Waals surface area contributed by atoms with Gasteiger partial charge >= 0.3 is 0 Å². The molecule has 0 amide bonds. The SMILES string of the molecule is CCCNC(CC(C)C)c1cc(F)c(F)cc1Cl. The Morgan fingerprint density at radius 2 is 1.83 bits per heavy atom. The average molecular weight is 276 g/mol. The van der Waals surface area contributed by atoms with Gasteiger partial charge in [-0.15, -0.1) is 0 Å². The van der Waals surface area contributed by atoms with Crippen LogP contribution < -0.4 is 5.32 Å². The van der Waals surface area contributed by atoms with E-state index in [0.29, 0.717) is 11.5 Å². The molecule has 1 aromatic rings. The molecule has 1 N–H and O–H groups in total. The first-order chi connectivity index (χ1) is 8.45. The summed E-state index contributed by atoms with van der Waals surface area (Å²) < 4.78 is 26.4. The Kier molecular flexibility index (Phi) is 6.03. The van der Waals surface area contributed by atoms with E-state index >= 15 is 0 Å². The highest BCUT2D eigenvalue weighted by Gasteiger charge is 2.18. The lowest BCUT2D eigenvalue weighted by molar-refractivity contribution is 0.426. The maximum absolute atomic E-state index is 13.3. The quantitative estimate of drug-likeness (QED) is 0.742. The highest BCUT2D eigenvalue weighted by atomic mass is 35.5. The second kappa shape index (κ2) is 7.05. The van der Waals surface area contributed by atoms with Gasteiger partial charge in [0.2, 0.25) is 0 Å². The van der Waals surface area contributed by atoms with Crippen LogP contribution in [0.15, 0.2) is 12.1 Å². The summed E-state index contributed by atoms with van der Waals surface area (Å²) in [6, 6.07) is 2.22. The molecule has 0 aliphatic rings. The fraction of sp³-hybridized carbons (Fsp3) is 0.571. The Balaban J connectivity index is 2.99. The second-order valence-corrected chi connectivity index (χ2v) is 5.33. The van der Waals surface area contributed by atoms with Crippen LogP contribution in [0.4, 0.5) is 8.78 Å². The first kappa shape index (κ1) is 15.4. The molecule has 0 aromatic heterocycles. The van der Waals surface area contributed by atoms with Crippen molar-refractivity contribution in [2.75, 3.05) is 6.54 Å². The molecule has 1 unspecified atom stereocenters. The van der Waals surface area contributed by atoms with Crippen molar-refractivity contribution in [3.05, 3.63) is 34.4 Å². The zero-order valence-corrected chi connectivity index (χ0v) is 11.8. The molecule has 0 aliphatic carbocycles. The minimum Gasteiger partial charge on any atom is -0.310 e. The maximum atomic E-state index is 13.3. The molecular weight excluding hydrogens is 256 g/mol. The largest absolute Gasteiger partial charge is 0.310 e. The van der Waals surface area contributed by atoms with E-state index in [-0.39, 0.29) is 11.1 Å². The van der Waals surface area contributed by atoms with Gasteiger partial charge in [-0.3, -0.25) is 0 Å². The van der Waals surface area contributed by atoms with Crippen molar-refractivity contribution in [1.29, 1.82) is 0 Å². The third-order valence-electron chi connectivity index (χ3n) is 2.76. The maximum Gasteiger partial charge on any atom is 0.160 e. The van der Waals surface area contributed by atoms with Crippen LogP contribution in [-0.4, -0.2) is 6.54 Å². The molecule has 4 heteroatoms. The molecule has 1 aromatic carbocycles. The topological polar surface area (TPSA) is 12.0 Å². The minimum atomic E-state index is -0.900. The fourth-order valence-corrected chi connectivity index (χ4v) is 2.20. The molecule has 0 saturated carbocycles. The molecule has 0 heterocycles. The third kappa shape index (κ3) is 4.21. The predicted octanol–water partition coefficient (Wildman–Crippen LogP) is 4.71. The van der Waals surface area contributed by atoms with Crippen LogP contribution in [0.3, 0.4) is 0 Å². The van der Waals surface area contributed by atoms with E-state index in [1.54, 1.807) is 0 Å². The molecule has 1 atom stereocenters. The molecule has 0 fully saturated rings. The summed E-state index contributed by atoms with van der Waals surface area (Å²) in [5, 5.41) is 3.61. The highest BCUT2D eigenvalue weighted by molar-refractivity contribution is 6.31. The Morgan fingerprint density at radius 3 is 2.39 bits per heavy atom. The van der Waals surface area contributed by atoms with Gasteiger partial charge in [0.1, 0.15) is 0 Å². The van der Waals surface area contributed by atoms with Gasteiger partial charge in [-0.1, -0.05) is 32.4 Å². The standard InChI is InChI=1S/C14H20ClF2N/c1-4-5-18-14(6-9(2)3)10-7-12(16)13(17)8-11(10)15/h7-9,14,18H,4-6H2,1-3H3. The number of rotatable bonds is 6. The summed E-state index contributed by atoms with van der Waals surface area (Å²) in [7, 11) is 0. The van der Waals surface area contributed by atoms with Gasteiger partial charge in [-0.05, 0) is 43.0 Å². The zero-order chi connectivity index (χ0) is 13.7. The summed E-state index contributed by atoms with van der Waals surface area (Å²) in [6.07, 6.45) is 1.82. The molecule has 0 saturated heterocycles. The lowest BCUT2D eigenvalue weighted by Gasteiger charge is -2.22. The van der Waals surface area contributed by atoms with E-state index in [9.17, 15) is 8.78 Å². The summed E-state index contributed by atoms with van der Waals surface area (Å²) in [6.45, 7) is 7.07. The molecule has 0 aliphatic heterocycles. The van der Waals surface area contributed by atoms with Crippen LogP contribution >= 0.6 is 11.6 Å². The fourth-order valence-electron chi connectivity index (χ4n) is 1.92. The lowest BCUT2D eigenvalue weighted by atomic mass is 9.96. The highest BCUT2D eigenvalue weighted by Crippen LogP contribution is 2.29. The molecule has 0 bridgehead atoms. The zero-order valence-electron chi connectivity index (χ0n) is 11.1. The van der Waals surface area contributed by atoms with Crippen molar-refractivity contribution in [3.63, 3.8) is 0 Å². The second-order valence-electron chi connectivity index (χ2n) is 4.92. The van der Waals surface area contributed by atoms with E-state index < -0.39 is 11.6 Å². The third-order valence-corrected chi connectivity index (χ3v) is 3.09.